The van der Waals surface area contributed by atoms with Crippen LogP contribution >= 0.6 is 11.3 Å². The maximum absolute atomic E-state index is 5.39. The summed E-state index contributed by atoms with van der Waals surface area (Å²) in [4.78, 5) is 10.7. The number of nitrogens with zero attached hydrogens (tertiary/aromatic N) is 2. The first-order valence-electron chi connectivity index (χ1n) is 17.9. The summed E-state index contributed by atoms with van der Waals surface area (Å²) in [7, 11) is 0. The molecule has 0 fully saturated rings. The van der Waals surface area contributed by atoms with Crippen LogP contribution in [0.3, 0.4) is 0 Å². The molecule has 2 aromatic heterocycles. The highest BCUT2D eigenvalue weighted by Gasteiger charge is 2.17. The van der Waals surface area contributed by atoms with Gasteiger partial charge in [0.2, 0.25) is 0 Å². The molecule has 8 aromatic carbocycles. The largest absolute Gasteiger partial charge is 0.228 e. The quantitative estimate of drug-likeness (QED) is 0.173. The van der Waals surface area contributed by atoms with Crippen LogP contribution in [0.5, 0.6) is 0 Å². The fraction of sp³-hybridized carbons (Fsp3) is 0. The maximum atomic E-state index is 5.39. The van der Waals surface area contributed by atoms with Crippen LogP contribution in [0.1, 0.15) is 0 Å². The standard InChI is InChI=1S/C50H32N2S/c1-3-14-33(15-4-1)36-20-11-21-37(28-36)45-32-46(52-50(51-45)43-25-12-19-35-18-7-8-22-41(35)43)40-30-38(34-16-5-2-6-17-34)29-39(31-40)42-24-13-27-48-49(42)44-23-9-10-26-47(44)53-48/h1-32H. The molecule has 248 valence electrons. The molecule has 2 nitrogen and oxygen atoms in total. The highest BCUT2D eigenvalue weighted by atomic mass is 32.1. The molecule has 0 spiro atoms. The first-order valence-corrected chi connectivity index (χ1v) is 18.7. The molecule has 0 radical (unpaired) electrons. The molecule has 10 aromatic rings. The van der Waals surface area contributed by atoms with Crippen molar-refractivity contribution in [3.05, 3.63) is 194 Å². The van der Waals surface area contributed by atoms with Gasteiger partial charge in [0.25, 0.3) is 0 Å². The molecule has 0 N–H and O–H groups in total. The average molecular weight is 693 g/mol. The fourth-order valence-electron chi connectivity index (χ4n) is 7.52. The molecule has 0 atom stereocenters. The van der Waals surface area contributed by atoms with Gasteiger partial charge in [-0.1, -0.05) is 152 Å². The lowest BCUT2D eigenvalue weighted by Gasteiger charge is -2.15. The van der Waals surface area contributed by atoms with Crippen LogP contribution in [0.25, 0.3) is 98.2 Å². The van der Waals surface area contributed by atoms with E-state index in [0.717, 1.165) is 61.1 Å². The molecule has 0 aliphatic carbocycles. The van der Waals surface area contributed by atoms with Crippen molar-refractivity contribution in [1.82, 2.24) is 9.97 Å². The zero-order valence-corrected chi connectivity index (χ0v) is 29.6. The number of aromatic nitrogens is 2. The van der Waals surface area contributed by atoms with E-state index in [1.807, 2.05) is 11.3 Å². The second kappa shape index (κ2) is 13.1. The van der Waals surface area contributed by atoms with E-state index in [4.69, 9.17) is 9.97 Å². The predicted molar refractivity (Wildman–Crippen MR) is 225 cm³/mol. The van der Waals surface area contributed by atoms with Crippen LogP contribution in [0.4, 0.5) is 0 Å². The second-order valence-electron chi connectivity index (χ2n) is 13.4. The van der Waals surface area contributed by atoms with E-state index in [1.54, 1.807) is 0 Å². The van der Waals surface area contributed by atoms with Gasteiger partial charge >= 0.3 is 0 Å². The molecule has 0 aliphatic heterocycles. The number of rotatable bonds is 6. The molecule has 0 unspecified atom stereocenters. The van der Waals surface area contributed by atoms with E-state index in [2.05, 4.69) is 194 Å². The molecular formula is C50H32N2S. The van der Waals surface area contributed by atoms with E-state index in [1.165, 1.54) is 31.3 Å². The normalized spacial score (nSPS) is 11.4. The van der Waals surface area contributed by atoms with Gasteiger partial charge in [0.15, 0.2) is 5.82 Å². The van der Waals surface area contributed by atoms with Crippen molar-refractivity contribution >= 4 is 42.3 Å². The van der Waals surface area contributed by atoms with Crippen LogP contribution in [0.2, 0.25) is 0 Å². The Kier molecular flexibility index (Phi) is 7.71. The molecule has 0 bridgehead atoms. The first kappa shape index (κ1) is 31.1. The van der Waals surface area contributed by atoms with Crippen molar-refractivity contribution in [1.29, 1.82) is 0 Å². The van der Waals surface area contributed by atoms with Crippen LogP contribution in [0, 0.1) is 0 Å². The third-order valence-corrected chi connectivity index (χ3v) is 11.2. The summed E-state index contributed by atoms with van der Waals surface area (Å²) in [5.41, 5.74) is 11.9. The van der Waals surface area contributed by atoms with E-state index in [9.17, 15) is 0 Å². The minimum atomic E-state index is 0.706. The second-order valence-corrected chi connectivity index (χ2v) is 14.5. The summed E-state index contributed by atoms with van der Waals surface area (Å²) in [6, 6.07) is 69.2. The molecule has 0 aliphatic rings. The highest BCUT2D eigenvalue weighted by molar-refractivity contribution is 7.25. The zero-order chi connectivity index (χ0) is 35.1. The van der Waals surface area contributed by atoms with Crippen molar-refractivity contribution in [2.24, 2.45) is 0 Å². The third kappa shape index (κ3) is 5.78. The van der Waals surface area contributed by atoms with Gasteiger partial charge in [-0.2, -0.15) is 0 Å². The Balaban J connectivity index is 1.23. The topological polar surface area (TPSA) is 25.8 Å². The number of benzene rings is 8. The molecule has 53 heavy (non-hydrogen) atoms. The Morgan fingerprint density at radius 3 is 1.68 bits per heavy atom. The van der Waals surface area contributed by atoms with Gasteiger partial charge < -0.3 is 0 Å². The predicted octanol–water partition coefficient (Wildman–Crippen LogP) is 14.0. The Morgan fingerprint density at radius 1 is 0.321 bits per heavy atom. The molecule has 3 heteroatoms. The smallest absolute Gasteiger partial charge is 0.161 e. The Hall–Kier alpha value is -6.68. The summed E-state index contributed by atoms with van der Waals surface area (Å²) in [6.07, 6.45) is 0. The SMILES string of the molecule is c1ccc(-c2cccc(-c3cc(-c4cc(-c5ccccc5)cc(-c5cccc6sc7ccccc7c56)c4)nc(-c4cccc5ccccc45)n3)c2)cc1. The van der Waals surface area contributed by atoms with Crippen LogP contribution < -0.4 is 0 Å². The van der Waals surface area contributed by atoms with Gasteiger partial charge in [0.05, 0.1) is 11.4 Å². The van der Waals surface area contributed by atoms with Crippen molar-refractivity contribution in [2.45, 2.75) is 0 Å². The van der Waals surface area contributed by atoms with E-state index >= 15 is 0 Å². The zero-order valence-electron chi connectivity index (χ0n) is 28.8. The Labute approximate surface area is 312 Å². The van der Waals surface area contributed by atoms with E-state index in [-0.39, 0.29) is 0 Å². The molecular weight excluding hydrogens is 661 g/mol. The number of thiophene rings is 1. The molecule has 0 saturated heterocycles. The van der Waals surface area contributed by atoms with Gasteiger partial charge in [0.1, 0.15) is 0 Å². The lowest BCUT2D eigenvalue weighted by atomic mass is 9.92. The average Bonchev–Trinajstić information content (AvgIpc) is 3.63. The van der Waals surface area contributed by atoms with Gasteiger partial charge in [-0.3, -0.25) is 0 Å². The van der Waals surface area contributed by atoms with Crippen molar-refractivity contribution < 1.29 is 0 Å². The minimum absolute atomic E-state index is 0.706. The molecule has 0 amide bonds. The lowest BCUT2D eigenvalue weighted by Crippen LogP contribution is -1.97. The number of fused-ring (bicyclic) bond motifs is 4. The first-order chi connectivity index (χ1) is 26.2. The van der Waals surface area contributed by atoms with E-state index < -0.39 is 0 Å². The monoisotopic (exact) mass is 692 g/mol. The van der Waals surface area contributed by atoms with Crippen LogP contribution in [-0.4, -0.2) is 9.97 Å². The molecule has 0 saturated carbocycles. The van der Waals surface area contributed by atoms with Crippen molar-refractivity contribution in [2.75, 3.05) is 0 Å². The highest BCUT2D eigenvalue weighted by Crippen LogP contribution is 2.42. The molecule has 10 rings (SSSR count). The summed E-state index contributed by atoms with van der Waals surface area (Å²) in [5, 5.41) is 4.87. The number of hydrogen-bond donors (Lipinski definition) is 0. The Bertz CT molecular complexity index is 2940. The summed E-state index contributed by atoms with van der Waals surface area (Å²) >= 11 is 1.85. The van der Waals surface area contributed by atoms with Crippen molar-refractivity contribution in [3.8, 4) is 67.3 Å². The van der Waals surface area contributed by atoms with Gasteiger partial charge in [-0.05, 0) is 86.6 Å². The van der Waals surface area contributed by atoms with Gasteiger partial charge in [-0.15, -0.1) is 11.3 Å². The summed E-state index contributed by atoms with van der Waals surface area (Å²) < 4.78 is 2.59. The van der Waals surface area contributed by atoms with Crippen LogP contribution in [0.15, 0.2) is 194 Å². The lowest BCUT2D eigenvalue weighted by molar-refractivity contribution is 1.19. The third-order valence-electron chi connectivity index (χ3n) is 10.1. The van der Waals surface area contributed by atoms with Gasteiger partial charge in [0, 0.05) is 36.9 Å². The Morgan fingerprint density at radius 2 is 0.849 bits per heavy atom. The fourth-order valence-corrected chi connectivity index (χ4v) is 8.65. The van der Waals surface area contributed by atoms with Crippen molar-refractivity contribution in [3.63, 3.8) is 0 Å². The summed E-state index contributed by atoms with van der Waals surface area (Å²) in [5.74, 6) is 0.706. The van der Waals surface area contributed by atoms with E-state index in [0.29, 0.717) is 5.82 Å². The minimum Gasteiger partial charge on any atom is -0.228 e. The molecule has 2 heterocycles. The number of hydrogen-bond acceptors (Lipinski definition) is 3. The maximum Gasteiger partial charge on any atom is 0.161 e. The summed E-state index contributed by atoms with van der Waals surface area (Å²) in [6.45, 7) is 0. The van der Waals surface area contributed by atoms with Crippen LogP contribution in [-0.2, 0) is 0 Å². The van der Waals surface area contributed by atoms with Gasteiger partial charge in [-0.25, -0.2) is 9.97 Å².